The topological polar surface area (TPSA) is 60.5 Å². The maximum atomic E-state index is 12.4. The van der Waals surface area contributed by atoms with Gasteiger partial charge in [0, 0.05) is 18.3 Å². The molecule has 21 heavy (non-hydrogen) atoms. The van der Waals surface area contributed by atoms with Gasteiger partial charge in [0.2, 0.25) is 0 Å². The summed E-state index contributed by atoms with van der Waals surface area (Å²) in [6.07, 6.45) is -4.64. The Morgan fingerprint density at radius 1 is 1.10 bits per heavy atom. The fourth-order valence-corrected chi connectivity index (χ4v) is 1.35. The summed E-state index contributed by atoms with van der Waals surface area (Å²) < 4.78 is 42.1. The van der Waals surface area contributed by atoms with Gasteiger partial charge in [-0.1, -0.05) is 18.2 Å². The zero-order chi connectivity index (χ0) is 15.3. The van der Waals surface area contributed by atoms with Crippen LogP contribution in [0.15, 0.2) is 48.7 Å². The van der Waals surface area contributed by atoms with E-state index in [0.717, 1.165) is 12.3 Å². The Hall–Kier alpha value is -2.77. The second-order valence-corrected chi connectivity index (χ2v) is 3.78. The number of amides is 1. The third-order valence-corrected chi connectivity index (χ3v) is 2.23. The van der Waals surface area contributed by atoms with Crippen LogP contribution in [0.1, 0.15) is 5.69 Å². The molecule has 0 saturated heterocycles. The van der Waals surface area contributed by atoms with Crippen molar-refractivity contribution in [3.05, 3.63) is 54.4 Å². The lowest BCUT2D eigenvalue weighted by Gasteiger charge is -2.09. The first-order valence-electron chi connectivity index (χ1n) is 5.68. The molecule has 0 saturated carbocycles. The third kappa shape index (κ3) is 4.37. The van der Waals surface area contributed by atoms with Gasteiger partial charge in [-0.3, -0.25) is 4.98 Å². The van der Waals surface area contributed by atoms with E-state index in [1.807, 2.05) is 5.48 Å². The zero-order valence-electron chi connectivity index (χ0n) is 10.4. The number of nitrogens with zero attached hydrogens (tertiary/aromatic N) is 1. The van der Waals surface area contributed by atoms with Crippen molar-refractivity contribution in [2.75, 3.05) is 0 Å². The van der Waals surface area contributed by atoms with Crippen molar-refractivity contribution in [2.45, 2.75) is 6.18 Å². The van der Waals surface area contributed by atoms with E-state index in [-0.39, 0.29) is 11.5 Å². The number of halogens is 3. The van der Waals surface area contributed by atoms with E-state index in [1.165, 1.54) is 12.1 Å². The second-order valence-electron chi connectivity index (χ2n) is 3.78. The molecule has 5 nitrogen and oxygen atoms in total. The first kappa shape index (κ1) is 14.6. The Bertz CT molecular complexity index is 618. The van der Waals surface area contributed by atoms with Crippen molar-refractivity contribution in [1.29, 1.82) is 0 Å². The summed E-state index contributed by atoms with van der Waals surface area (Å²) in [5.74, 6) is 0.0478. The highest BCUT2D eigenvalue weighted by molar-refractivity contribution is 5.69. The lowest BCUT2D eigenvalue weighted by Crippen LogP contribution is -2.30. The first-order valence-corrected chi connectivity index (χ1v) is 5.68. The van der Waals surface area contributed by atoms with Gasteiger partial charge < -0.3 is 9.57 Å². The number of benzene rings is 1. The minimum absolute atomic E-state index is 0.220. The fraction of sp³-hybridized carbons (Fsp3) is 0.0769. The van der Waals surface area contributed by atoms with Crippen molar-refractivity contribution < 1.29 is 27.5 Å². The molecule has 0 unspecified atom stereocenters. The fourth-order valence-electron chi connectivity index (χ4n) is 1.35. The summed E-state index contributed by atoms with van der Waals surface area (Å²) in [6, 6.07) is 9.93. The number of hydrogen-bond acceptors (Lipinski definition) is 4. The summed E-state index contributed by atoms with van der Waals surface area (Å²) >= 11 is 0. The molecule has 0 atom stereocenters. The van der Waals surface area contributed by atoms with Crippen LogP contribution in [0.4, 0.5) is 18.0 Å². The number of alkyl halides is 3. The van der Waals surface area contributed by atoms with Crippen molar-refractivity contribution in [3.8, 4) is 11.5 Å². The van der Waals surface area contributed by atoms with Gasteiger partial charge in [-0.15, -0.1) is 0 Å². The summed E-state index contributed by atoms with van der Waals surface area (Å²) in [7, 11) is 0. The average Bonchev–Trinajstić information content (AvgIpc) is 2.46. The van der Waals surface area contributed by atoms with Crippen LogP contribution in [0.3, 0.4) is 0 Å². The van der Waals surface area contributed by atoms with Crippen molar-refractivity contribution in [1.82, 2.24) is 10.5 Å². The number of ether oxygens (including phenoxy) is 1. The van der Waals surface area contributed by atoms with E-state index in [2.05, 4.69) is 4.98 Å². The normalized spacial score (nSPS) is 10.8. The van der Waals surface area contributed by atoms with Crippen LogP contribution in [0.5, 0.6) is 11.5 Å². The molecular formula is C13H9F3N2O3. The minimum atomic E-state index is -4.59. The maximum Gasteiger partial charge on any atom is 0.446 e. The summed E-state index contributed by atoms with van der Waals surface area (Å²) in [6.45, 7) is 0. The smallest absolute Gasteiger partial charge is 0.408 e. The van der Waals surface area contributed by atoms with E-state index in [4.69, 9.17) is 9.57 Å². The Balaban J connectivity index is 1.92. The molecule has 0 fully saturated rings. The minimum Gasteiger partial charge on any atom is -0.408 e. The molecule has 2 rings (SSSR count). The SMILES string of the molecule is O=C(NOc1ccnc(C(F)(F)F)c1)Oc1ccccc1. The zero-order valence-corrected chi connectivity index (χ0v) is 10.4. The molecule has 2 aromatic rings. The summed E-state index contributed by atoms with van der Waals surface area (Å²) in [5.41, 5.74) is 0.743. The van der Waals surface area contributed by atoms with Crippen molar-refractivity contribution >= 4 is 6.09 Å². The number of aromatic nitrogens is 1. The molecule has 0 bridgehead atoms. The van der Waals surface area contributed by atoms with Crippen LogP contribution < -0.4 is 15.1 Å². The highest BCUT2D eigenvalue weighted by Gasteiger charge is 2.32. The van der Waals surface area contributed by atoms with Gasteiger partial charge in [0.05, 0.1) is 0 Å². The van der Waals surface area contributed by atoms with E-state index in [0.29, 0.717) is 6.07 Å². The molecule has 1 aromatic carbocycles. The van der Waals surface area contributed by atoms with Crippen LogP contribution in [-0.4, -0.2) is 11.1 Å². The van der Waals surface area contributed by atoms with Gasteiger partial charge >= 0.3 is 12.3 Å². The molecule has 8 heteroatoms. The van der Waals surface area contributed by atoms with Gasteiger partial charge in [0.25, 0.3) is 0 Å². The number of hydroxylamine groups is 1. The van der Waals surface area contributed by atoms with Crippen LogP contribution in [0, 0.1) is 0 Å². The van der Waals surface area contributed by atoms with E-state index >= 15 is 0 Å². The van der Waals surface area contributed by atoms with Gasteiger partial charge in [-0.2, -0.15) is 18.7 Å². The monoisotopic (exact) mass is 298 g/mol. The summed E-state index contributed by atoms with van der Waals surface area (Å²) in [4.78, 5) is 19.2. The largest absolute Gasteiger partial charge is 0.446 e. The maximum absolute atomic E-state index is 12.4. The van der Waals surface area contributed by atoms with Gasteiger partial charge in [0.1, 0.15) is 11.4 Å². The predicted octanol–water partition coefficient (Wildman–Crippen LogP) is 3.18. The molecule has 1 heterocycles. The van der Waals surface area contributed by atoms with Crippen LogP contribution in [0.25, 0.3) is 0 Å². The molecule has 0 aliphatic rings. The third-order valence-electron chi connectivity index (χ3n) is 2.23. The van der Waals surface area contributed by atoms with E-state index < -0.39 is 18.0 Å². The predicted molar refractivity (Wildman–Crippen MR) is 65.5 cm³/mol. The number of carbonyl (C=O) groups excluding carboxylic acids is 1. The number of nitrogens with one attached hydrogen (secondary N) is 1. The Morgan fingerprint density at radius 2 is 1.81 bits per heavy atom. The van der Waals surface area contributed by atoms with Crippen molar-refractivity contribution in [2.24, 2.45) is 0 Å². The van der Waals surface area contributed by atoms with Crippen LogP contribution in [0.2, 0.25) is 0 Å². The number of para-hydroxylation sites is 1. The van der Waals surface area contributed by atoms with Crippen LogP contribution in [-0.2, 0) is 6.18 Å². The van der Waals surface area contributed by atoms with E-state index in [1.54, 1.807) is 18.2 Å². The lowest BCUT2D eigenvalue weighted by molar-refractivity contribution is -0.141. The molecule has 1 amide bonds. The van der Waals surface area contributed by atoms with Gasteiger partial charge in [0.15, 0.2) is 5.75 Å². The molecule has 110 valence electrons. The molecule has 0 radical (unpaired) electrons. The quantitative estimate of drug-likeness (QED) is 0.884. The average molecular weight is 298 g/mol. The molecule has 0 aliphatic carbocycles. The van der Waals surface area contributed by atoms with Crippen molar-refractivity contribution in [3.63, 3.8) is 0 Å². The molecule has 1 N–H and O–H groups in total. The second kappa shape index (κ2) is 6.12. The Labute approximate surface area is 117 Å². The van der Waals surface area contributed by atoms with Gasteiger partial charge in [-0.25, -0.2) is 4.79 Å². The molecular weight excluding hydrogens is 289 g/mol. The van der Waals surface area contributed by atoms with Gasteiger partial charge in [-0.05, 0) is 12.1 Å². The Kier molecular flexibility index (Phi) is 4.27. The number of carbonyl (C=O) groups is 1. The summed E-state index contributed by atoms with van der Waals surface area (Å²) in [5, 5.41) is 0. The first-order chi connectivity index (χ1) is 9.95. The number of hydrogen-bond donors (Lipinski definition) is 1. The number of rotatable bonds is 3. The lowest BCUT2D eigenvalue weighted by atomic mass is 10.3. The highest BCUT2D eigenvalue weighted by Crippen LogP contribution is 2.29. The van der Waals surface area contributed by atoms with Crippen LogP contribution >= 0.6 is 0 Å². The van der Waals surface area contributed by atoms with E-state index in [9.17, 15) is 18.0 Å². The molecule has 0 spiro atoms. The molecule has 0 aliphatic heterocycles. The highest BCUT2D eigenvalue weighted by atomic mass is 19.4. The standard InChI is InChI=1S/C13H9F3N2O3/c14-13(15,16)11-8-10(6-7-17-11)21-18-12(19)20-9-4-2-1-3-5-9/h1-8H,(H,18,19). The number of pyridine rings is 1. The Morgan fingerprint density at radius 3 is 2.48 bits per heavy atom. The molecule has 1 aromatic heterocycles.